The number of rotatable bonds is 6. The van der Waals surface area contributed by atoms with Gasteiger partial charge in [0.05, 0.1) is 73.9 Å². The number of carbonyl (C=O) groups is 2. The van der Waals surface area contributed by atoms with E-state index in [0.29, 0.717) is 56.2 Å². The molecule has 0 aliphatic carbocycles. The number of ether oxygens (including phenoxy) is 3. The number of nitrogens with zero attached hydrogens (tertiary/aromatic N) is 6. The molecule has 1 aromatic carbocycles. The number of pyridine rings is 1. The van der Waals surface area contributed by atoms with Crippen molar-refractivity contribution in [3.63, 3.8) is 0 Å². The Morgan fingerprint density at radius 3 is 2.54 bits per heavy atom. The van der Waals surface area contributed by atoms with Crippen molar-refractivity contribution in [3.05, 3.63) is 47.9 Å². The number of likely N-dealkylation sites (N-methyl/N-ethyl adjacent to an activating group) is 1. The zero-order valence-electron chi connectivity index (χ0n) is 27.2. The number of morpholine rings is 2. The second kappa shape index (κ2) is 11.8. The highest BCUT2D eigenvalue weighted by atomic mass is 19.1. The molecule has 3 amide bonds. The maximum Gasteiger partial charge on any atom is 0.323 e. The van der Waals surface area contributed by atoms with E-state index in [0.717, 1.165) is 31.6 Å². The number of carbonyl (C=O) groups excluding carboxylic acids is 2. The van der Waals surface area contributed by atoms with E-state index in [2.05, 4.69) is 25.4 Å². The van der Waals surface area contributed by atoms with Crippen LogP contribution in [0.15, 0.2) is 36.5 Å². The van der Waals surface area contributed by atoms with Crippen LogP contribution < -0.4 is 25.2 Å². The standard InChI is InChI=1S/C34H39FN8O5/c1-4-41-18-34(2,3)48-30-28(31(41)44)29(39-32(40-30)43-21-7-8-22(43)16-46-15-21)19-5-9-26(25(35)11-19)38-33(45)37-20-6-10-27(36-13-20)42-14-24-12-23(42)17-47-24/h5-6,9-11,13,21-24H,4,7-8,12,14-18H2,1-3H3,(H2,37,38,45). The highest BCUT2D eigenvalue weighted by Crippen LogP contribution is 2.40. The molecule has 14 heteroatoms. The number of aromatic nitrogens is 3. The number of anilines is 4. The monoisotopic (exact) mass is 658 g/mol. The molecule has 2 aromatic heterocycles. The summed E-state index contributed by atoms with van der Waals surface area (Å²) in [5.41, 5.74) is 0.571. The number of amides is 3. The molecule has 8 rings (SSSR count). The molecule has 48 heavy (non-hydrogen) atoms. The van der Waals surface area contributed by atoms with Crippen molar-refractivity contribution in [3.8, 4) is 17.1 Å². The summed E-state index contributed by atoms with van der Waals surface area (Å²) in [6.07, 6.45) is 4.73. The third-order valence-electron chi connectivity index (χ3n) is 9.85. The van der Waals surface area contributed by atoms with Crippen molar-refractivity contribution >= 4 is 35.1 Å². The SMILES string of the molecule is CCN1CC(C)(C)Oc2nc(N3C4CCC3COC4)nc(-c3ccc(NC(=O)Nc4ccc(N5CC6CC5CO6)nc4)c(F)c3)c2C1=O. The summed E-state index contributed by atoms with van der Waals surface area (Å²) >= 11 is 0. The lowest BCUT2D eigenvalue weighted by Crippen LogP contribution is -2.47. The molecule has 0 radical (unpaired) electrons. The molecule has 4 fully saturated rings. The Balaban J connectivity index is 1.06. The fourth-order valence-corrected chi connectivity index (χ4v) is 7.57. The Labute approximate surface area is 277 Å². The molecule has 0 spiro atoms. The van der Waals surface area contributed by atoms with Crippen LogP contribution in [0.1, 0.15) is 50.4 Å². The predicted molar refractivity (Wildman–Crippen MR) is 176 cm³/mol. The number of urea groups is 1. The highest BCUT2D eigenvalue weighted by molar-refractivity contribution is 6.03. The maximum absolute atomic E-state index is 15.7. The van der Waals surface area contributed by atoms with Crippen LogP contribution in [0.25, 0.3) is 11.3 Å². The molecule has 4 unspecified atom stereocenters. The number of halogens is 1. The average molecular weight is 659 g/mol. The van der Waals surface area contributed by atoms with Gasteiger partial charge in [-0.05, 0) is 64.3 Å². The lowest BCUT2D eigenvalue weighted by Gasteiger charge is -2.35. The Hall–Kier alpha value is -4.56. The van der Waals surface area contributed by atoms with Crippen molar-refractivity contribution in [2.75, 3.05) is 59.9 Å². The highest BCUT2D eigenvalue weighted by Gasteiger charge is 2.43. The molecule has 13 nitrogen and oxygen atoms in total. The van der Waals surface area contributed by atoms with E-state index in [1.807, 2.05) is 26.8 Å². The van der Waals surface area contributed by atoms with E-state index in [-0.39, 0.29) is 46.9 Å². The number of hydrogen-bond acceptors (Lipinski definition) is 10. The fraction of sp³-hybridized carbons (Fsp3) is 0.500. The normalized spacial score (nSPS) is 25.5. The van der Waals surface area contributed by atoms with E-state index in [1.165, 1.54) is 12.1 Å². The topological polar surface area (TPSA) is 134 Å². The van der Waals surface area contributed by atoms with Crippen molar-refractivity contribution in [2.45, 2.75) is 69.9 Å². The summed E-state index contributed by atoms with van der Waals surface area (Å²) in [5, 5.41) is 5.31. The minimum Gasteiger partial charge on any atom is -0.469 e. The summed E-state index contributed by atoms with van der Waals surface area (Å²) in [5.74, 6) is 0.480. The average Bonchev–Trinajstić information content (AvgIpc) is 3.75. The van der Waals surface area contributed by atoms with Gasteiger partial charge in [-0.1, -0.05) is 6.07 Å². The van der Waals surface area contributed by atoms with Crippen LogP contribution in [-0.4, -0.2) is 101 Å². The second-order valence-electron chi connectivity index (χ2n) is 13.7. The van der Waals surface area contributed by atoms with Gasteiger partial charge in [-0.25, -0.2) is 19.2 Å². The molecule has 7 heterocycles. The molecule has 4 saturated heterocycles. The van der Waals surface area contributed by atoms with Gasteiger partial charge < -0.3 is 39.5 Å². The van der Waals surface area contributed by atoms with E-state index in [9.17, 15) is 9.59 Å². The molecule has 5 aliphatic heterocycles. The van der Waals surface area contributed by atoms with Crippen molar-refractivity contribution in [1.82, 2.24) is 19.9 Å². The molecule has 4 atom stereocenters. The van der Waals surface area contributed by atoms with Crippen molar-refractivity contribution in [1.29, 1.82) is 0 Å². The maximum atomic E-state index is 15.7. The first-order chi connectivity index (χ1) is 23.2. The molecule has 252 valence electrons. The molecular formula is C34H39FN8O5. The van der Waals surface area contributed by atoms with Crippen LogP contribution in [0.5, 0.6) is 5.88 Å². The molecular weight excluding hydrogens is 619 g/mol. The summed E-state index contributed by atoms with van der Waals surface area (Å²) in [6.45, 7) is 9.19. The first-order valence-corrected chi connectivity index (χ1v) is 16.6. The van der Waals surface area contributed by atoms with E-state index >= 15 is 4.39 Å². The molecule has 2 N–H and O–H groups in total. The van der Waals surface area contributed by atoms with Crippen LogP contribution in [0, 0.1) is 5.82 Å². The van der Waals surface area contributed by atoms with Crippen LogP contribution >= 0.6 is 0 Å². The van der Waals surface area contributed by atoms with Gasteiger partial charge in [0.2, 0.25) is 11.8 Å². The predicted octanol–water partition coefficient (Wildman–Crippen LogP) is 4.30. The molecule has 3 aromatic rings. The molecule has 0 saturated carbocycles. The second-order valence-corrected chi connectivity index (χ2v) is 13.7. The smallest absolute Gasteiger partial charge is 0.323 e. The first-order valence-electron chi connectivity index (χ1n) is 16.6. The Kier molecular flexibility index (Phi) is 7.59. The van der Waals surface area contributed by atoms with Gasteiger partial charge in [0.15, 0.2) is 0 Å². The van der Waals surface area contributed by atoms with E-state index in [4.69, 9.17) is 24.2 Å². The van der Waals surface area contributed by atoms with Gasteiger partial charge in [0.25, 0.3) is 5.91 Å². The Bertz CT molecular complexity index is 1740. The van der Waals surface area contributed by atoms with Crippen LogP contribution in [-0.2, 0) is 9.47 Å². The third-order valence-corrected chi connectivity index (χ3v) is 9.85. The summed E-state index contributed by atoms with van der Waals surface area (Å²) in [7, 11) is 0. The fourth-order valence-electron chi connectivity index (χ4n) is 7.57. The Morgan fingerprint density at radius 1 is 1.06 bits per heavy atom. The number of benzene rings is 1. The third kappa shape index (κ3) is 5.56. The van der Waals surface area contributed by atoms with Gasteiger partial charge in [0.1, 0.15) is 22.8 Å². The summed E-state index contributed by atoms with van der Waals surface area (Å²) in [4.78, 5) is 47.1. The van der Waals surface area contributed by atoms with Gasteiger partial charge in [-0.2, -0.15) is 4.98 Å². The minimum absolute atomic E-state index is 0.0283. The van der Waals surface area contributed by atoms with Gasteiger partial charge in [-0.3, -0.25) is 4.79 Å². The van der Waals surface area contributed by atoms with Crippen LogP contribution in [0.4, 0.5) is 32.3 Å². The zero-order chi connectivity index (χ0) is 33.2. The minimum atomic E-state index is -0.713. The Morgan fingerprint density at radius 2 is 1.88 bits per heavy atom. The largest absolute Gasteiger partial charge is 0.469 e. The summed E-state index contributed by atoms with van der Waals surface area (Å²) in [6, 6.07) is 7.94. The molecule has 4 bridgehead atoms. The molecule has 5 aliphatic rings. The zero-order valence-corrected chi connectivity index (χ0v) is 27.2. The van der Waals surface area contributed by atoms with E-state index < -0.39 is 17.4 Å². The lowest BCUT2D eigenvalue weighted by atomic mass is 10.0. The van der Waals surface area contributed by atoms with Crippen LogP contribution in [0.2, 0.25) is 0 Å². The van der Waals surface area contributed by atoms with Crippen LogP contribution in [0.3, 0.4) is 0 Å². The lowest BCUT2D eigenvalue weighted by molar-refractivity contribution is 0.0540. The number of nitrogens with one attached hydrogen (secondary N) is 2. The number of hydrogen-bond donors (Lipinski definition) is 2. The van der Waals surface area contributed by atoms with Gasteiger partial charge in [0, 0.05) is 18.7 Å². The van der Waals surface area contributed by atoms with Crippen molar-refractivity contribution in [2.24, 2.45) is 0 Å². The quantitative estimate of drug-likeness (QED) is 0.395. The van der Waals surface area contributed by atoms with Crippen molar-refractivity contribution < 1.29 is 28.2 Å². The summed E-state index contributed by atoms with van der Waals surface area (Å²) < 4.78 is 33.6. The first kappa shape index (κ1) is 30.8. The van der Waals surface area contributed by atoms with Gasteiger partial charge in [-0.15, -0.1) is 0 Å². The van der Waals surface area contributed by atoms with Gasteiger partial charge >= 0.3 is 6.03 Å². The number of fused-ring (bicyclic) bond motifs is 5. The van der Waals surface area contributed by atoms with E-state index in [1.54, 1.807) is 23.2 Å².